The number of carbonyl (C=O) groups is 1. The first-order valence-corrected chi connectivity index (χ1v) is 8.58. The van der Waals surface area contributed by atoms with E-state index in [1.54, 1.807) is 0 Å². The van der Waals surface area contributed by atoms with Crippen LogP contribution < -0.4 is 0 Å². The fourth-order valence-electron chi connectivity index (χ4n) is 4.02. The summed E-state index contributed by atoms with van der Waals surface area (Å²) in [4.78, 5) is 19.4. The number of likely N-dealkylation sites (tertiary alicyclic amines) is 1. The smallest absolute Gasteiger partial charge is 0.269 e. The molecule has 3 fully saturated rings. The highest BCUT2D eigenvalue weighted by atomic mass is 16.2. The number of hydrogen-bond acceptors (Lipinski definition) is 3. The first-order chi connectivity index (χ1) is 10.3. The minimum absolute atomic E-state index is 0.0547. The zero-order chi connectivity index (χ0) is 14.7. The summed E-state index contributed by atoms with van der Waals surface area (Å²) in [6.07, 6.45) is 11.8. The zero-order valence-electron chi connectivity index (χ0n) is 12.8. The van der Waals surface area contributed by atoms with Gasteiger partial charge in [-0.25, -0.2) is 0 Å². The summed E-state index contributed by atoms with van der Waals surface area (Å²) in [6.45, 7) is 0.575. The SMILES string of the molecule is N#CC1CN(C2CCCCC2)C(=O)C1=NC1CCCCC1. The van der Waals surface area contributed by atoms with Gasteiger partial charge in [-0.3, -0.25) is 9.79 Å². The van der Waals surface area contributed by atoms with Gasteiger partial charge in [0.1, 0.15) is 11.6 Å². The van der Waals surface area contributed by atoms with Crippen LogP contribution in [0, 0.1) is 17.2 Å². The fourth-order valence-corrected chi connectivity index (χ4v) is 4.02. The second kappa shape index (κ2) is 6.60. The van der Waals surface area contributed by atoms with Crippen LogP contribution in [0.1, 0.15) is 64.2 Å². The van der Waals surface area contributed by atoms with Crippen LogP contribution in [0.5, 0.6) is 0 Å². The molecule has 0 aromatic rings. The number of amides is 1. The van der Waals surface area contributed by atoms with Crippen LogP contribution in [0.4, 0.5) is 0 Å². The predicted molar refractivity (Wildman–Crippen MR) is 82.0 cm³/mol. The van der Waals surface area contributed by atoms with Crippen LogP contribution in [0.2, 0.25) is 0 Å². The normalized spacial score (nSPS) is 30.8. The first-order valence-electron chi connectivity index (χ1n) is 8.58. The molecule has 1 atom stereocenters. The Morgan fingerprint density at radius 2 is 1.62 bits per heavy atom. The molecule has 2 aliphatic carbocycles. The average molecular weight is 287 g/mol. The third-order valence-corrected chi connectivity index (χ3v) is 5.26. The third kappa shape index (κ3) is 3.12. The summed E-state index contributed by atoms with van der Waals surface area (Å²) in [5, 5.41) is 9.39. The van der Waals surface area contributed by atoms with E-state index in [1.165, 1.54) is 38.5 Å². The van der Waals surface area contributed by atoms with Crippen LogP contribution in [-0.4, -0.2) is 35.1 Å². The quantitative estimate of drug-likeness (QED) is 0.783. The molecule has 1 amide bonds. The maximum absolute atomic E-state index is 12.7. The average Bonchev–Trinajstić information content (AvgIpc) is 2.86. The molecule has 3 rings (SSSR count). The third-order valence-electron chi connectivity index (χ3n) is 5.26. The van der Waals surface area contributed by atoms with Crippen molar-refractivity contribution in [3.8, 4) is 6.07 Å². The zero-order valence-corrected chi connectivity index (χ0v) is 12.8. The largest absolute Gasteiger partial charge is 0.333 e. The molecule has 0 radical (unpaired) electrons. The van der Waals surface area contributed by atoms with Crippen molar-refractivity contribution in [1.82, 2.24) is 4.90 Å². The molecule has 1 aliphatic heterocycles. The molecule has 4 nitrogen and oxygen atoms in total. The molecule has 0 N–H and O–H groups in total. The Hall–Kier alpha value is -1.37. The molecule has 114 valence electrons. The number of carbonyl (C=O) groups excluding carboxylic acids is 1. The van der Waals surface area contributed by atoms with Gasteiger partial charge in [-0.2, -0.15) is 5.26 Å². The molecule has 4 heteroatoms. The van der Waals surface area contributed by atoms with Crippen molar-refractivity contribution in [2.75, 3.05) is 6.54 Å². The van der Waals surface area contributed by atoms with E-state index in [1.807, 2.05) is 4.90 Å². The predicted octanol–water partition coefficient (Wildman–Crippen LogP) is 3.07. The van der Waals surface area contributed by atoms with Crippen molar-refractivity contribution in [1.29, 1.82) is 5.26 Å². The number of hydrogen-bond donors (Lipinski definition) is 0. The molecule has 1 heterocycles. The lowest BCUT2D eigenvalue weighted by Gasteiger charge is -2.30. The van der Waals surface area contributed by atoms with Gasteiger partial charge in [-0.15, -0.1) is 0 Å². The fraction of sp³-hybridized carbons (Fsp3) is 0.824. The lowest BCUT2D eigenvalue weighted by molar-refractivity contribution is -0.125. The molecular weight excluding hydrogens is 262 g/mol. The molecule has 2 saturated carbocycles. The van der Waals surface area contributed by atoms with Gasteiger partial charge in [0.15, 0.2) is 0 Å². The van der Waals surface area contributed by atoms with Crippen LogP contribution >= 0.6 is 0 Å². The van der Waals surface area contributed by atoms with Crippen molar-refractivity contribution in [2.45, 2.75) is 76.3 Å². The van der Waals surface area contributed by atoms with Gasteiger partial charge >= 0.3 is 0 Å². The highest BCUT2D eigenvalue weighted by molar-refractivity contribution is 6.42. The van der Waals surface area contributed by atoms with E-state index in [2.05, 4.69) is 6.07 Å². The van der Waals surface area contributed by atoms with E-state index >= 15 is 0 Å². The molecular formula is C17H25N3O. The van der Waals surface area contributed by atoms with E-state index in [0.29, 0.717) is 18.3 Å². The molecule has 1 unspecified atom stereocenters. The maximum Gasteiger partial charge on any atom is 0.269 e. The molecule has 1 saturated heterocycles. The molecule has 0 aromatic heterocycles. The summed E-state index contributed by atoms with van der Waals surface area (Å²) in [6, 6.07) is 2.94. The molecule has 3 aliphatic rings. The van der Waals surface area contributed by atoms with Gasteiger partial charge in [0, 0.05) is 12.6 Å². The summed E-state index contributed by atoms with van der Waals surface area (Å²) < 4.78 is 0. The molecule has 21 heavy (non-hydrogen) atoms. The summed E-state index contributed by atoms with van der Waals surface area (Å²) >= 11 is 0. The van der Waals surface area contributed by atoms with E-state index in [9.17, 15) is 10.1 Å². The Morgan fingerprint density at radius 1 is 1.00 bits per heavy atom. The van der Waals surface area contributed by atoms with Crippen LogP contribution in [0.15, 0.2) is 4.99 Å². The van der Waals surface area contributed by atoms with Gasteiger partial charge in [0.25, 0.3) is 5.91 Å². The maximum atomic E-state index is 12.7. The van der Waals surface area contributed by atoms with Crippen molar-refractivity contribution in [2.24, 2.45) is 10.9 Å². The van der Waals surface area contributed by atoms with Crippen molar-refractivity contribution in [3.05, 3.63) is 0 Å². The Labute approximate surface area is 127 Å². The Balaban J connectivity index is 1.74. The second-order valence-electron chi connectivity index (χ2n) is 6.74. The molecule has 0 spiro atoms. The Kier molecular flexibility index (Phi) is 4.57. The van der Waals surface area contributed by atoms with E-state index in [4.69, 9.17) is 4.99 Å². The summed E-state index contributed by atoms with van der Waals surface area (Å²) in [5.41, 5.74) is 0.565. The van der Waals surface area contributed by atoms with Crippen LogP contribution in [0.25, 0.3) is 0 Å². The minimum atomic E-state index is -0.304. The molecule has 0 bridgehead atoms. The monoisotopic (exact) mass is 287 g/mol. The van der Waals surface area contributed by atoms with Crippen molar-refractivity contribution >= 4 is 11.6 Å². The van der Waals surface area contributed by atoms with E-state index < -0.39 is 0 Å². The van der Waals surface area contributed by atoms with Gasteiger partial charge in [0.2, 0.25) is 0 Å². The highest BCUT2D eigenvalue weighted by Crippen LogP contribution is 2.29. The number of rotatable bonds is 2. The molecule has 0 aromatic carbocycles. The first kappa shape index (κ1) is 14.6. The summed E-state index contributed by atoms with van der Waals surface area (Å²) in [5.74, 6) is -0.250. The second-order valence-corrected chi connectivity index (χ2v) is 6.74. The number of aliphatic imine (C=N–C) groups is 1. The van der Waals surface area contributed by atoms with E-state index in [-0.39, 0.29) is 17.9 Å². The van der Waals surface area contributed by atoms with Crippen LogP contribution in [-0.2, 0) is 4.79 Å². The van der Waals surface area contributed by atoms with E-state index in [0.717, 1.165) is 25.7 Å². The Bertz CT molecular complexity index is 453. The van der Waals surface area contributed by atoms with Crippen molar-refractivity contribution in [3.63, 3.8) is 0 Å². The van der Waals surface area contributed by atoms with Crippen molar-refractivity contribution < 1.29 is 4.79 Å². The number of nitriles is 1. The van der Waals surface area contributed by atoms with Crippen LogP contribution in [0.3, 0.4) is 0 Å². The lowest BCUT2D eigenvalue weighted by Crippen LogP contribution is -2.39. The standard InChI is InChI=1S/C17H25N3O/c18-11-13-12-20(15-9-5-2-6-10-15)17(21)16(13)19-14-7-3-1-4-8-14/h13-15H,1-10,12H2. The van der Waals surface area contributed by atoms with Gasteiger partial charge in [0.05, 0.1) is 12.1 Å². The Morgan fingerprint density at radius 3 is 2.24 bits per heavy atom. The van der Waals surface area contributed by atoms with Gasteiger partial charge in [-0.05, 0) is 25.7 Å². The number of nitrogens with zero attached hydrogens (tertiary/aromatic N) is 3. The topological polar surface area (TPSA) is 56.5 Å². The lowest BCUT2D eigenvalue weighted by atomic mass is 9.94. The summed E-state index contributed by atoms with van der Waals surface area (Å²) in [7, 11) is 0. The van der Waals surface area contributed by atoms with Gasteiger partial charge in [-0.1, -0.05) is 38.5 Å². The minimum Gasteiger partial charge on any atom is -0.333 e. The van der Waals surface area contributed by atoms with Gasteiger partial charge < -0.3 is 4.90 Å². The highest BCUT2D eigenvalue weighted by Gasteiger charge is 2.40.